The van der Waals surface area contributed by atoms with Crippen molar-refractivity contribution >= 4 is 5.57 Å². The molecule has 1 heterocycles. The van der Waals surface area contributed by atoms with Crippen molar-refractivity contribution < 1.29 is 18.9 Å². The molecule has 0 radical (unpaired) electrons. The predicted molar refractivity (Wildman–Crippen MR) is 89.7 cm³/mol. The second-order valence-corrected chi connectivity index (χ2v) is 5.15. The lowest BCUT2D eigenvalue weighted by molar-refractivity contribution is 0.171. The van der Waals surface area contributed by atoms with Crippen LogP contribution in [0.5, 0.6) is 23.0 Å². The van der Waals surface area contributed by atoms with Crippen LogP contribution in [0.25, 0.3) is 5.57 Å². The first-order chi connectivity index (χ1) is 11.7. The fraction of sp³-hybridized carbons (Fsp3) is 0.211. The van der Waals surface area contributed by atoms with Crippen LogP contribution in [-0.4, -0.2) is 27.4 Å². The van der Waals surface area contributed by atoms with E-state index in [9.17, 15) is 5.26 Å². The van der Waals surface area contributed by atoms with E-state index in [4.69, 9.17) is 18.9 Å². The Balaban J connectivity index is 2.08. The van der Waals surface area contributed by atoms with Crippen LogP contribution < -0.4 is 18.9 Å². The predicted octanol–water partition coefficient (Wildman–Crippen LogP) is 3.43. The summed E-state index contributed by atoms with van der Waals surface area (Å²) in [5.41, 5.74) is 2.44. The molecule has 1 aliphatic rings. The molecule has 0 spiro atoms. The molecule has 24 heavy (non-hydrogen) atoms. The molecule has 0 amide bonds. The second-order valence-electron chi connectivity index (χ2n) is 5.15. The number of allylic oxidation sites excluding steroid dienone is 1. The summed E-state index contributed by atoms with van der Waals surface area (Å²) in [6.07, 6.45) is 1.50. The van der Waals surface area contributed by atoms with Gasteiger partial charge in [-0.2, -0.15) is 5.26 Å². The molecule has 0 saturated heterocycles. The Kier molecular flexibility index (Phi) is 4.57. The molecule has 2 aromatic rings. The van der Waals surface area contributed by atoms with Crippen molar-refractivity contribution in [2.45, 2.75) is 0 Å². The van der Waals surface area contributed by atoms with Crippen molar-refractivity contribution in [2.24, 2.45) is 0 Å². The number of hydrogen-bond acceptors (Lipinski definition) is 5. The fourth-order valence-corrected chi connectivity index (χ4v) is 2.57. The van der Waals surface area contributed by atoms with Crippen LogP contribution in [-0.2, 0) is 0 Å². The van der Waals surface area contributed by atoms with E-state index in [1.54, 1.807) is 20.3 Å². The molecule has 0 saturated carbocycles. The molecule has 0 aromatic heterocycles. The van der Waals surface area contributed by atoms with Gasteiger partial charge in [0.05, 0.1) is 20.3 Å². The summed E-state index contributed by atoms with van der Waals surface area (Å²) in [7, 11) is 3.19. The number of ether oxygens (including phenoxy) is 4. The third-order valence-corrected chi connectivity index (χ3v) is 3.72. The van der Waals surface area contributed by atoms with Gasteiger partial charge in [-0.05, 0) is 41.0 Å². The molecule has 0 bridgehead atoms. The van der Waals surface area contributed by atoms with Gasteiger partial charge < -0.3 is 18.9 Å². The van der Waals surface area contributed by atoms with E-state index in [0.717, 1.165) is 16.7 Å². The van der Waals surface area contributed by atoms with Crippen LogP contribution in [0.2, 0.25) is 0 Å². The lowest BCUT2D eigenvalue weighted by Gasteiger charge is -2.19. The third kappa shape index (κ3) is 3.13. The summed E-state index contributed by atoms with van der Waals surface area (Å²) in [6.45, 7) is 1.06. The lowest BCUT2D eigenvalue weighted by atomic mass is 9.96. The summed E-state index contributed by atoms with van der Waals surface area (Å²) in [4.78, 5) is 0. The number of fused-ring (bicyclic) bond motifs is 1. The van der Waals surface area contributed by atoms with Gasteiger partial charge in [-0.25, -0.2) is 0 Å². The zero-order valence-corrected chi connectivity index (χ0v) is 13.5. The van der Waals surface area contributed by atoms with Crippen LogP contribution in [0.3, 0.4) is 0 Å². The maximum absolute atomic E-state index is 9.21. The Morgan fingerprint density at radius 3 is 2.25 bits per heavy atom. The van der Waals surface area contributed by atoms with Crippen LogP contribution >= 0.6 is 0 Å². The van der Waals surface area contributed by atoms with E-state index in [2.05, 4.69) is 6.07 Å². The van der Waals surface area contributed by atoms with Crippen molar-refractivity contribution in [3.63, 3.8) is 0 Å². The Labute approximate surface area is 140 Å². The van der Waals surface area contributed by atoms with E-state index in [0.29, 0.717) is 36.2 Å². The Morgan fingerprint density at radius 1 is 0.958 bits per heavy atom. The van der Waals surface area contributed by atoms with Crippen LogP contribution in [0.15, 0.2) is 42.5 Å². The Bertz CT molecular complexity index is 798. The van der Waals surface area contributed by atoms with E-state index >= 15 is 0 Å². The minimum absolute atomic E-state index is 0.515. The molecule has 0 N–H and O–H groups in total. The number of nitriles is 1. The minimum Gasteiger partial charge on any atom is -0.497 e. The summed E-state index contributed by atoms with van der Waals surface area (Å²) in [5.74, 6) is 2.71. The number of hydrogen-bond donors (Lipinski definition) is 0. The first-order valence-corrected chi connectivity index (χ1v) is 7.48. The molecule has 3 rings (SSSR count). The molecule has 0 atom stereocenters. The van der Waals surface area contributed by atoms with Crippen molar-refractivity contribution in [1.82, 2.24) is 0 Å². The maximum atomic E-state index is 9.21. The summed E-state index contributed by atoms with van der Waals surface area (Å²) in [6, 6.07) is 13.3. The largest absolute Gasteiger partial charge is 0.497 e. The van der Waals surface area contributed by atoms with Gasteiger partial charge in [0, 0.05) is 12.1 Å². The molecular weight excluding hydrogens is 306 g/mol. The van der Waals surface area contributed by atoms with Crippen LogP contribution in [0, 0.1) is 11.3 Å². The van der Waals surface area contributed by atoms with Gasteiger partial charge in [0.25, 0.3) is 0 Å². The highest BCUT2D eigenvalue weighted by atomic mass is 16.6. The summed E-state index contributed by atoms with van der Waals surface area (Å²) < 4.78 is 21.8. The highest BCUT2D eigenvalue weighted by molar-refractivity contribution is 5.83. The quantitative estimate of drug-likeness (QED) is 0.807. The van der Waals surface area contributed by atoms with Gasteiger partial charge in [0.1, 0.15) is 24.7 Å². The summed E-state index contributed by atoms with van der Waals surface area (Å²) in [5, 5.41) is 9.21. The topological polar surface area (TPSA) is 60.7 Å². The molecule has 0 aliphatic carbocycles. The van der Waals surface area contributed by atoms with Crippen LogP contribution in [0.1, 0.15) is 11.1 Å². The highest BCUT2D eigenvalue weighted by Gasteiger charge is 2.15. The molecule has 5 nitrogen and oxygen atoms in total. The SMILES string of the molecule is COc1cc(OC)cc(/C(=C/C#N)c2ccc3c(c2)OCCO3)c1. The van der Waals surface area contributed by atoms with Crippen molar-refractivity contribution in [1.29, 1.82) is 5.26 Å². The molecule has 2 aromatic carbocycles. The molecule has 0 unspecified atom stereocenters. The number of benzene rings is 2. The van der Waals surface area contributed by atoms with Crippen molar-refractivity contribution in [3.05, 3.63) is 53.6 Å². The number of methoxy groups -OCH3 is 2. The van der Waals surface area contributed by atoms with E-state index in [1.165, 1.54) is 6.08 Å². The fourth-order valence-electron chi connectivity index (χ4n) is 2.57. The Morgan fingerprint density at radius 2 is 1.62 bits per heavy atom. The molecular formula is C19H17NO4. The summed E-state index contributed by atoms with van der Waals surface area (Å²) >= 11 is 0. The standard InChI is InChI=1S/C19H17NO4/c1-21-15-9-14(10-16(12-15)22-2)17(5-6-20)13-3-4-18-19(11-13)24-8-7-23-18/h3-5,9-12H,7-8H2,1-2H3/b17-5+. The molecule has 1 aliphatic heterocycles. The maximum Gasteiger partial charge on any atom is 0.161 e. The van der Waals surface area contributed by atoms with Gasteiger partial charge >= 0.3 is 0 Å². The van der Waals surface area contributed by atoms with E-state index in [-0.39, 0.29) is 0 Å². The second kappa shape index (κ2) is 6.97. The number of nitrogens with zero attached hydrogens (tertiary/aromatic N) is 1. The zero-order chi connectivity index (χ0) is 16.9. The normalized spacial score (nSPS) is 13.1. The average Bonchev–Trinajstić information content (AvgIpc) is 2.65. The van der Waals surface area contributed by atoms with Crippen LogP contribution in [0.4, 0.5) is 0 Å². The minimum atomic E-state index is 0.515. The monoisotopic (exact) mass is 323 g/mol. The van der Waals surface area contributed by atoms with Crippen molar-refractivity contribution in [3.8, 4) is 29.1 Å². The van der Waals surface area contributed by atoms with Gasteiger partial charge in [0.2, 0.25) is 0 Å². The molecule has 122 valence electrons. The molecule has 5 heteroatoms. The zero-order valence-electron chi connectivity index (χ0n) is 13.5. The first-order valence-electron chi connectivity index (χ1n) is 7.48. The smallest absolute Gasteiger partial charge is 0.161 e. The van der Waals surface area contributed by atoms with Gasteiger partial charge in [-0.15, -0.1) is 0 Å². The molecule has 0 fully saturated rings. The Hall–Kier alpha value is -3.13. The van der Waals surface area contributed by atoms with E-state index < -0.39 is 0 Å². The van der Waals surface area contributed by atoms with E-state index in [1.807, 2.05) is 30.3 Å². The average molecular weight is 323 g/mol. The van der Waals surface area contributed by atoms with Gasteiger partial charge in [-0.3, -0.25) is 0 Å². The first kappa shape index (κ1) is 15.8. The highest BCUT2D eigenvalue weighted by Crippen LogP contribution is 2.36. The van der Waals surface area contributed by atoms with Gasteiger partial charge in [-0.1, -0.05) is 6.07 Å². The van der Waals surface area contributed by atoms with Crippen molar-refractivity contribution in [2.75, 3.05) is 27.4 Å². The van der Waals surface area contributed by atoms with Gasteiger partial charge in [0.15, 0.2) is 11.5 Å². The lowest BCUT2D eigenvalue weighted by Crippen LogP contribution is -2.15. The third-order valence-electron chi connectivity index (χ3n) is 3.72. The number of rotatable bonds is 4.